The van der Waals surface area contributed by atoms with Crippen LogP contribution in [0, 0.1) is 0 Å². The topological polar surface area (TPSA) is 0 Å². The number of alkyl halides is 3. The highest BCUT2D eigenvalue weighted by Gasteiger charge is 2.04. The fraction of sp³-hybridized carbons (Fsp3) is 1.00. The maximum Gasteiger partial charge on any atom is 0.0253 e. The number of rotatable bonds is 3. The molecular weight excluding hydrogens is 300 g/mol. The standard InChI is InChI=1S/C5H9Br3/c1-4(7)2-5(8)3-6/h4-5H,2-3H2,1H3/t4-,5+/m1/s1. The van der Waals surface area contributed by atoms with Gasteiger partial charge in [0.15, 0.2) is 0 Å². The average Bonchev–Trinajstić information content (AvgIpc) is 1.65. The van der Waals surface area contributed by atoms with E-state index in [0.29, 0.717) is 9.65 Å². The van der Waals surface area contributed by atoms with Crippen molar-refractivity contribution in [3.05, 3.63) is 0 Å². The van der Waals surface area contributed by atoms with E-state index in [1.807, 2.05) is 0 Å². The highest BCUT2D eigenvalue weighted by Crippen LogP contribution is 2.15. The van der Waals surface area contributed by atoms with Crippen molar-refractivity contribution >= 4 is 47.8 Å². The molecule has 8 heavy (non-hydrogen) atoms. The molecule has 0 aliphatic carbocycles. The molecule has 0 spiro atoms. The Balaban J connectivity index is 3.10. The highest BCUT2D eigenvalue weighted by molar-refractivity contribution is 9.12. The van der Waals surface area contributed by atoms with Crippen LogP contribution in [0.1, 0.15) is 13.3 Å². The van der Waals surface area contributed by atoms with Crippen LogP contribution in [0.4, 0.5) is 0 Å². The Bertz CT molecular complexity index is 53.6. The molecule has 0 bridgehead atoms. The third kappa shape index (κ3) is 5.57. The molecule has 0 heterocycles. The van der Waals surface area contributed by atoms with E-state index >= 15 is 0 Å². The van der Waals surface area contributed by atoms with Crippen molar-refractivity contribution in [3.8, 4) is 0 Å². The van der Waals surface area contributed by atoms with Crippen LogP contribution in [0.15, 0.2) is 0 Å². The van der Waals surface area contributed by atoms with Crippen molar-refractivity contribution in [1.82, 2.24) is 0 Å². The molecule has 0 aromatic rings. The van der Waals surface area contributed by atoms with E-state index < -0.39 is 0 Å². The predicted molar refractivity (Wildman–Crippen MR) is 49.5 cm³/mol. The van der Waals surface area contributed by atoms with E-state index in [9.17, 15) is 0 Å². The molecule has 0 saturated heterocycles. The summed E-state index contributed by atoms with van der Waals surface area (Å²) in [4.78, 5) is 1.22. The van der Waals surface area contributed by atoms with Gasteiger partial charge in [0, 0.05) is 15.0 Å². The van der Waals surface area contributed by atoms with Gasteiger partial charge < -0.3 is 0 Å². The molecule has 0 aliphatic rings. The van der Waals surface area contributed by atoms with E-state index in [2.05, 4.69) is 54.7 Å². The summed E-state index contributed by atoms with van der Waals surface area (Å²) in [5.74, 6) is 0. The normalized spacial score (nSPS) is 18.0. The van der Waals surface area contributed by atoms with E-state index in [4.69, 9.17) is 0 Å². The minimum absolute atomic E-state index is 0.608. The summed E-state index contributed by atoms with van der Waals surface area (Å²) in [6.07, 6.45) is 1.17. The summed E-state index contributed by atoms with van der Waals surface area (Å²) in [6, 6.07) is 0. The third-order valence-electron chi connectivity index (χ3n) is 0.748. The van der Waals surface area contributed by atoms with Crippen LogP contribution >= 0.6 is 47.8 Å². The third-order valence-corrected chi connectivity index (χ3v) is 3.47. The molecule has 0 unspecified atom stereocenters. The van der Waals surface area contributed by atoms with Gasteiger partial charge in [0.2, 0.25) is 0 Å². The lowest BCUT2D eigenvalue weighted by Gasteiger charge is -2.05. The van der Waals surface area contributed by atoms with Crippen LogP contribution in [-0.4, -0.2) is 15.0 Å². The second-order valence-corrected chi connectivity index (χ2v) is 5.27. The number of halogens is 3. The van der Waals surface area contributed by atoms with Gasteiger partial charge in [-0.3, -0.25) is 0 Å². The smallest absolute Gasteiger partial charge is 0.0253 e. The van der Waals surface area contributed by atoms with Crippen molar-refractivity contribution in [3.63, 3.8) is 0 Å². The Morgan fingerprint density at radius 1 is 1.38 bits per heavy atom. The van der Waals surface area contributed by atoms with Crippen LogP contribution in [0.3, 0.4) is 0 Å². The Morgan fingerprint density at radius 2 is 1.88 bits per heavy atom. The van der Waals surface area contributed by atoms with Gasteiger partial charge in [0.1, 0.15) is 0 Å². The lowest BCUT2D eigenvalue weighted by atomic mass is 10.3. The molecule has 0 saturated carbocycles. The Kier molecular flexibility index (Phi) is 6.19. The summed E-state index contributed by atoms with van der Waals surface area (Å²) in [6.45, 7) is 2.15. The Morgan fingerprint density at radius 3 is 2.00 bits per heavy atom. The van der Waals surface area contributed by atoms with Crippen LogP contribution < -0.4 is 0 Å². The zero-order valence-electron chi connectivity index (χ0n) is 4.70. The minimum atomic E-state index is 0.608. The molecule has 0 aromatic carbocycles. The predicted octanol–water partition coefficient (Wildman–Crippen LogP) is 3.32. The largest absolute Gasteiger partial charge is 0.0916 e. The van der Waals surface area contributed by atoms with E-state index in [0.717, 1.165) is 5.33 Å². The first-order valence-corrected chi connectivity index (χ1v) is 5.46. The van der Waals surface area contributed by atoms with Gasteiger partial charge in [-0.25, -0.2) is 0 Å². The number of hydrogen-bond donors (Lipinski definition) is 0. The Labute approximate surface area is 75.8 Å². The zero-order chi connectivity index (χ0) is 6.57. The summed E-state index contributed by atoms with van der Waals surface area (Å²) >= 11 is 10.3. The molecule has 0 fully saturated rings. The van der Waals surface area contributed by atoms with E-state index in [1.165, 1.54) is 6.42 Å². The van der Waals surface area contributed by atoms with Crippen molar-refractivity contribution in [1.29, 1.82) is 0 Å². The average molecular weight is 309 g/mol. The summed E-state index contributed by atoms with van der Waals surface area (Å²) in [7, 11) is 0. The van der Waals surface area contributed by atoms with Crippen LogP contribution in [-0.2, 0) is 0 Å². The van der Waals surface area contributed by atoms with Crippen molar-refractivity contribution in [2.24, 2.45) is 0 Å². The first-order chi connectivity index (χ1) is 3.66. The van der Waals surface area contributed by atoms with Gasteiger partial charge in [-0.15, -0.1) is 0 Å². The molecule has 0 N–H and O–H groups in total. The van der Waals surface area contributed by atoms with Crippen molar-refractivity contribution in [2.75, 3.05) is 5.33 Å². The molecule has 0 rings (SSSR count). The van der Waals surface area contributed by atoms with Gasteiger partial charge in [-0.05, 0) is 6.42 Å². The van der Waals surface area contributed by atoms with Crippen molar-refractivity contribution in [2.45, 2.75) is 23.0 Å². The molecule has 0 nitrogen and oxygen atoms in total. The molecule has 0 radical (unpaired) electrons. The lowest BCUT2D eigenvalue weighted by Crippen LogP contribution is -2.04. The van der Waals surface area contributed by atoms with E-state index in [1.54, 1.807) is 0 Å². The van der Waals surface area contributed by atoms with Crippen molar-refractivity contribution < 1.29 is 0 Å². The van der Waals surface area contributed by atoms with Crippen LogP contribution in [0.2, 0.25) is 0 Å². The molecule has 3 heteroatoms. The fourth-order valence-corrected chi connectivity index (χ4v) is 2.19. The molecular formula is C5H9Br3. The summed E-state index contributed by atoms with van der Waals surface area (Å²) < 4.78 is 0. The molecule has 0 aromatic heterocycles. The SMILES string of the molecule is C[C@@H](Br)C[C@H](Br)CBr. The maximum atomic E-state index is 3.50. The monoisotopic (exact) mass is 306 g/mol. The molecule has 0 amide bonds. The minimum Gasteiger partial charge on any atom is -0.0916 e. The van der Waals surface area contributed by atoms with Crippen LogP contribution in [0.5, 0.6) is 0 Å². The van der Waals surface area contributed by atoms with Gasteiger partial charge in [0.05, 0.1) is 0 Å². The molecule has 50 valence electrons. The maximum absolute atomic E-state index is 3.50. The molecule has 2 atom stereocenters. The highest BCUT2D eigenvalue weighted by atomic mass is 79.9. The number of hydrogen-bond acceptors (Lipinski definition) is 0. The van der Waals surface area contributed by atoms with Gasteiger partial charge >= 0.3 is 0 Å². The lowest BCUT2D eigenvalue weighted by molar-refractivity contribution is 0.833. The van der Waals surface area contributed by atoms with Gasteiger partial charge in [-0.1, -0.05) is 54.7 Å². The van der Waals surface area contributed by atoms with Crippen LogP contribution in [0.25, 0.3) is 0 Å². The van der Waals surface area contributed by atoms with Gasteiger partial charge in [-0.2, -0.15) is 0 Å². The first-order valence-electron chi connectivity index (χ1n) is 2.51. The first kappa shape index (κ1) is 9.44. The molecule has 0 aliphatic heterocycles. The zero-order valence-corrected chi connectivity index (χ0v) is 9.46. The summed E-state index contributed by atoms with van der Waals surface area (Å²) in [5.41, 5.74) is 0. The second-order valence-electron chi connectivity index (χ2n) is 1.77. The quantitative estimate of drug-likeness (QED) is 0.702. The van der Waals surface area contributed by atoms with Gasteiger partial charge in [0.25, 0.3) is 0 Å². The fourth-order valence-electron chi connectivity index (χ4n) is 0.415. The second kappa shape index (κ2) is 5.24. The van der Waals surface area contributed by atoms with E-state index in [-0.39, 0.29) is 0 Å². The Hall–Kier alpha value is 1.44. The summed E-state index contributed by atoms with van der Waals surface area (Å²) in [5, 5.41) is 1.03.